The molecule has 1 aromatic rings. The number of hydrogen-bond donors (Lipinski definition) is 2. The predicted octanol–water partition coefficient (Wildman–Crippen LogP) is 2.33. The Morgan fingerprint density at radius 2 is 1.80 bits per heavy atom. The van der Waals surface area contributed by atoms with Crippen molar-refractivity contribution in [3.05, 3.63) is 35.9 Å². The summed E-state index contributed by atoms with van der Waals surface area (Å²) in [4.78, 5) is 0. The van der Waals surface area contributed by atoms with Crippen molar-refractivity contribution in [2.45, 2.75) is 49.8 Å². The molecule has 0 saturated heterocycles. The van der Waals surface area contributed by atoms with Gasteiger partial charge in [0, 0.05) is 12.6 Å². The molecule has 0 heterocycles. The van der Waals surface area contributed by atoms with E-state index in [2.05, 4.69) is 4.72 Å². The van der Waals surface area contributed by atoms with Crippen molar-refractivity contribution in [2.24, 2.45) is 5.73 Å². The van der Waals surface area contributed by atoms with Crippen molar-refractivity contribution in [2.75, 3.05) is 6.54 Å². The maximum Gasteiger partial charge on any atom is 0.214 e. The van der Waals surface area contributed by atoms with Crippen molar-refractivity contribution < 1.29 is 8.42 Å². The molecule has 0 amide bonds. The lowest BCUT2D eigenvalue weighted by Gasteiger charge is -2.22. The minimum Gasteiger partial charge on any atom is -0.324 e. The van der Waals surface area contributed by atoms with Crippen molar-refractivity contribution in [3.63, 3.8) is 0 Å². The van der Waals surface area contributed by atoms with Crippen LogP contribution in [-0.4, -0.2) is 20.2 Å². The van der Waals surface area contributed by atoms with E-state index in [4.69, 9.17) is 5.73 Å². The topological polar surface area (TPSA) is 72.2 Å². The van der Waals surface area contributed by atoms with Crippen LogP contribution in [0.2, 0.25) is 0 Å². The highest BCUT2D eigenvalue weighted by Crippen LogP contribution is 2.23. The Labute approximate surface area is 121 Å². The van der Waals surface area contributed by atoms with Crippen LogP contribution in [0.3, 0.4) is 0 Å². The molecule has 0 spiro atoms. The summed E-state index contributed by atoms with van der Waals surface area (Å²) in [5.74, 6) is 0. The molecule has 1 fully saturated rings. The van der Waals surface area contributed by atoms with Crippen LogP contribution >= 0.6 is 0 Å². The molecule has 5 heteroatoms. The van der Waals surface area contributed by atoms with Crippen molar-refractivity contribution in [3.8, 4) is 0 Å². The maximum atomic E-state index is 12.2. The zero-order valence-electron chi connectivity index (χ0n) is 11.8. The lowest BCUT2D eigenvalue weighted by molar-refractivity contribution is 0.476. The normalized spacial score (nSPS) is 18.9. The molecule has 20 heavy (non-hydrogen) atoms. The first-order valence-electron chi connectivity index (χ1n) is 7.38. The van der Waals surface area contributed by atoms with Crippen molar-refractivity contribution in [1.82, 2.24) is 4.72 Å². The fraction of sp³-hybridized carbons (Fsp3) is 0.600. The smallest absolute Gasteiger partial charge is 0.214 e. The van der Waals surface area contributed by atoms with Crippen LogP contribution in [0.15, 0.2) is 30.3 Å². The Bertz CT molecular complexity index is 496. The van der Waals surface area contributed by atoms with Gasteiger partial charge in [0.05, 0.1) is 5.25 Å². The first-order valence-corrected chi connectivity index (χ1v) is 8.93. The molecule has 0 aromatic heterocycles. The van der Waals surface area contributed by atoms with E-state index in [0.29, 0.717) is 13.0 Å². The van der Waals surface area contributed by atoms with Crippen LogP contribution in [0.1, 0.15) is 50.1 Å². The SMILES string of the molecule is NC(CCNS(=O)(=O)C1CCCCC1)c1ccccc1. The van der Waals surface area contributed by atoms with Gasteiger partial charge in [-0.05, 0) is 24.8 Å². The minimum atomic E-state index is -3.17. The first-order chi connectivity index (χ1) is 9.59. The molecule has 0 radical (unpaired) electrons. The van der Waals surface area contributed by atoms with Crippen molar-refractivity contribution in [1.29, 1.82) is 0 Å². The highest BCUT2D eigenvalue weighted by molar-refractivity contribution is 7.90. The van der Waals surface area contributed by atoms with Crippen LogP contribution in [0.5, 0.6) is 0 Å². The summed E-state index contributed by atoms with van der Waals surface area (Å²) in [6.45, 7) is 0.412. The van der Waals surface area contributed by atoms with Gasteiger partial charge in [0.1, 0.15) is 0 Å². The van der Waals surface area contributed by atoms with Gasteiger partial charge in [-0.1, -0.05) is 49.6 Å². The number of benzene rings is 1. The third-order valence-corrected chi connectivity index (χ3v) is 5.93. The summed E-state index contributed by atoms with van der Waals surface area (Å²) in [5.41, 5.74) is 7.11. The van der Waals surface area contributed by atoms with Gasteiger partial charge in [-0.25, -0.2) is 13.1 Å². The number of hydrogen-bond acceptors (Lipinski definition) is 3. The van der Waals surface area contributed by atoms with E-state index in [1.54, 1.807) is 0 Å². The molecule has 4 nitrogen and oxygen atoms in total. The van der Waals surface area contributed by atoms with Crippen LogP contribution in [0, 0.1) is 0 Å². The van der Waals surface area contributed by atoms with Gasteiger partial charge >= 0.3 is 0 Å². The van der Waals surface area contributed by atoms with E-state index in [9.17, 15) is 8.42 Å². The summed E-state index contributed by atoms with van der Waals surface area (Å²) < 4.78 is 27.0. The third-order valence-electron chi connectivity index (χ3n) is 3.98. The molecule has 0 aliphatic heterocycles. The van der Waals surface area contributed by atoms with Crippen LogP contribution < -0.4 is 10.5 Å². The second-order valence-electron chi connectivity index (χ2n) is 5.51. The van der Waals surface area contributed by atoms with Gasteiger partial charge in [0.25, 0.3) is 0 Å². The van der Waals surface area contributed by atoms with E-state index in [0.717, 1.165) is 37.7 Å². The molecule has 1 aliphatic carbocycles. The number of rotatable bonds is 6. The molecule has 1 aromatic carbocycles. The highest BCUT2D eigenvalue weighted by Gasteiger charge is 2.26. The lowest BCUT2D eigenvalue weighted by atomic mass is 10.0. The highest BCUT2D eigenvalue weighted by atomic mass is 32.2. The Hall–Kier alpha value is -0.910. The molecular formula is C15H24N2O2S. The molecule has 1 saturated carbocycles. The third kappa shape index (κ3) is 4.30. The lowest BCUT2D eigenvalue weighted by Crippen LogP contribution is -2.36. The molecule has 112 valence electrons. The fourth-order valence-corrected chi connectivity index (χ4v) is 4.31. The van der Waals surface area contributed by atoms with Crippen LogP contribution in [-0.2, 0) is 10.0 Å². The van der Waals surface area contributed by atoms with Gasteiger partial charge in [-0.3, -0.25) is 0 Å². The zero-order chi connectivity index (χ0) is 14.4. The first kappa shape index (κ1) is 15.5. The molecule has 2 rings (SSSR count). The predicted molar refractivity (Wildman–Crippen MR) is 81.8 cm³/mol. The Morgan fingerprint density at radius 1 is 1.15 bits per heavy atom. The van der Waals surface area contributed by atoms with E-state index in [-0.39, 0.29) is 11.3 Å². The summed E-state index contributed by atoms with van der Waals surface area (Å²) in [5, 5.41) is -0.204. The van der Waals surface area contributed by atoms with E-state index in [1.165, 1.54) is 0 Å². The quantitative estimate of drug-likeness (QED) is 0.846. The second kappa shape index (κ2) is 7.20. The Kier molecular flexibility index (Phi) is 5.57. The van der Waals surface area contributed by atoms with E-state index < -0.39 is 10.0 Å². The van der Waals surface area contributed by atoms with Crippen LogP contribution in [0.4, 0.5) is 0 Å². The summed E-state index contributed by atoms with van der Waals surface area (Å²) in [6, 6.07) is 9.66. The molecule has 1 unspecified atom stereocenters. The maximum absolute atomic E-state index is 12.2. The largest absolute Gasteiger partial charge is 0.324 e. The monoisotopic (exact) mass is 296 g/mol. The standard InChI is InChI=1S/C15H24N2O2S/c16-15(13-7-3-1-4-8-13)11-12-17-20(18,19)14-9-5-2-6-10-14/h1,3-4,7-8,14-15,17H,2,5-6,9-12,16H2. The Balaban J connectivity index is 1.80. The van der Waals surface area contributed by atoms with E-state index in [1.807, 2.05) is 30.3 Å². The summed E-state index contributed by atoms with van der Waals surface area (Å²) in [6.07, 6.45) is 5.41. The minimum absolute atomic E-state index is 0.120. The van der Waals surface area contributed by atoms with E-state index >= 15 is 0 Å². The second-order valence-corrected chi connectivity index (χ2v) is 7.55. The molecule has 1 aliphatic rings. The average molecular weight is 296 g/mol. The zero-order valence-corrected chi connectivity index (χ0v) is 12.6. The molecule has 0 bridgehead atoms. The fourth-order valence-electron chi connectivity index (χ4n) is 2.72. The van der Waals surface area contributed by atoms with Gasteiger partial charge in [-0.15, -0.1) is 0 Å². The van der Waals surface area contributed by atoms with Gasteiger partial charge in [0.15, 0.2) is 0 Å². The van der Waals surface area contributed by atoms with Crippen molar-refractivity contribution >= 4 is 10.0 Å². The number of nitrogens with one attached hydrogen (secondary N) is 1. The van der Waals surface area contributed by atoms with Crippen LogP contribution in [0.25, 0.3) is 0 Å². The van der Waals surface area contributed by atoms with Gasteiger partial charge in [0.2, 0.25) is 10.0 Å². The summed E-state index contributed by atoms with van der Waals surface area (Å²) >= 11 is 0. The number of nitrogens with two attached hydrogens (primary N) is 1. The van der Waals surface area contributed by atoms with Gasteiger partial charge in [-0.2, -0.15) is 0 Å². The summed E-state index contributed by atoms with van der Waals surface area (Å²) in [7, 11) is -3.17. The number of sulfonamides is 1. The molecular weight excluding hydrogens is 272 g/mol. The molecule has 1 atom stereocenters. The average Bonchev–Trinajstić information content (AvgIpc) is 2.49. The Morgan fingerprint density at radius 3 is 2.45 bits per heavy atom. The molecule has 3 N–H and O–H groups in total. The van der Waals surface area contributed by atoms with Gasteiger partial charge < -0.3 is 5.73 Å².